The van der Waals surface area contributed by atoms with Crippen molar-refractivity contribution >= 4 is 10.9 Å². The highest BCUT2D eigenvalue weighted by atomic mass is 16.3. The summed E-state index contributed by atoms with van der Waals surface area (Å²) in [6.07, 6.45) is 0.838. The molecule has 7 heteroatoms. The lowest BCUT2D eigenvalue weighted by Crippen LogP contribution is -2.43. The zero-order chi connectivity index (χ0) is 17.7. The van der Waals surface area contributed by atoms with E-state index in [4.69, 9.17) is 0 Å². The van der Waals surface area contributed by atoms with Crippen molar-refractivity contribution in [3.63, 3.8) is 0 Å². The number of aromatic hydroxyl groups is 1. The standard InChI is InChI=1S/C18H20N4O3/c1-3-22-17(24)13(16(23)21(2)18(22)25)15-14-11(8-9-19-15)10-6-4-5-7-12(10)20-14/h4-7,15,19-20,24H,3,8-9H2,1-2H3. The van der Waals surface area contributed by atoms with E-state index in [1.165, 1.54) is 11.6 Å². The molecule has 2 aromatic heterocycles. The molecule has 4 rings (SSSR count). The summed E-state index contributed by atoms with van der Waals surface area (Å²) in [6, 6.07) is 7.52. The van der Waals surface area contributed by atoms with Crippen molar-refractivity contribution in [2.75, 3.05) is 6.54 Å². The van der Waals surface area contributed by atoms with Gasteiger partial charge in [0.25, 0.3) is 5.56 Å². The molecular weight excluding hydrogens is 320 g/mol. The highest BCUT2D eigenvalue weighted by Gasteiger charge is 2.31. The first kappa shape index (κ1) is 15.7. The lowest BCUT2D eigenvalue weighted by atomic mass is 9.95. The molecule has 1 aromatic carbocycles. The van der Waals surface area contributed by atoms with Crippen LogP contribution in [0.3, 0.4) is 0 Å². The first-order valence-electron chi connectivity index (χ1n) is 8.40. The van der Waals surface area contributed by atoms with Crippen molar-refractivity contribution in [1.82, 2.24) is 19.4 Å². The van der Waals surface area contributed by atoms with Crippen LogP contribution in [0.2, 0.25) is 0 Å². The number of fused-ring (bicyclic) bond motifs is 3. The second kappa shape index (κ2) is 5.63. The van der Waals surface area contributed by atoms with Gasteiger partial charge < -0.3 is 15.4 Å². The Hall–Kier alpha value is -2.80. The van der Waals surface area contributed by atoms with Gasteiger partial charge in [-0.15, -0.1) is 0 Å². The minimum atomic E-state index is -0.513. The fourth-order valence-corrected chi connectivity index (χ4v) is 3.74. The summed E-state index contributed by atoms with van der Waals surface area (Å²) in [5.74, 6) is -0.264. The van der Waals surface area contributed by atoms with Gasteiger partial charge in [0.15, 0.2) is 0 Å². The third-order valence-electron chi connectivity index (χ3n) is 5.01. The van der Waals surface area contributed by atoms with Crippen LogP contribution < -0.4 is 16.6 Å². The molecule has 1 aliphatic rings. The molecule has 3 heterocycles. The minimum absolute atomic E-state index is 0.205. The molecule has 0 spiro atoms. The molecule has 1 atom stereocenters. The SMILES string of the molecule is CCn1c(O)c(C2NCCc3c2[nH]c2ccccc32)c(=O)n(C)c1=O. The van der Waals surface area contributed by atoms with Gasteiger partial charge in [-0.2, -0.15) is 0 Å². The third kappa shape index (κ3) is 2.16. The summed E-state index contributed by atoms with van der Waals surface area (Å²) < 4.78 is 2.27. The van der Waals surface area contributed by atoms with Crippen LogP contribution in [0, 0.1) is 0 Å². The Balaban J connectivity index is 2.01. The maximum Gasteiger partial charge on any atom is 0.333 e. The lowest BCUT2D eigenvalue weighted by Gasteiger charge is -2.25. The average Bonchev–Trinajstić information content (AvgIpc) is 3.00. The van der Waals surface area contributed by atoms with Gasteiger partial charge in [0.2, 0.25) is 5.88 Å². The van der Waals surface area contributed by atoms with Crippen LogP contribution >= 0.6 is 0 Å². The van der Waals surface area contributed by atoms with Crippen LogP contribution in [0.15, 0.2) is 33.9 Å². The predicted octanol–water partition coefficient (Wildman–Crippen LogP) is 0.989. The van der Waals surface area contributed by atoms with E-state index in [0.717, 1.165) is 33.1 Å². The monoisotopic (exact) mass is 340 g/mol. The van der Waals surface area contributed by atoms with Crippen LogP contribution in [0.5, 0.6) is 5.88 Å². The van der Waals surface area contributed by atoms with Crippen LogP contribution in [-0.4, -0.2) is 25.8 Å². The fourth-order valence-electron chi connectivity index (χ4n) is 3.74. The Morgan fingerprint density at radius 3 is 2.80 bits per heavy atom. The maximum absolute atomic E-state index is 12.7. The van der Waals surface area contributed by atoms with E-state index >= 15 is 0 Å². The Morgan fingerprint density at radius 1 is 1.28 bits per heavy atom. The predicted molar refractivity (Wildman–Crippen MR) is 95.1 cm³/mol. The molecular formula is C18H20N4O3. The molecule has 7 nitrogen and oxygen atoms in total. The largest absolute Gasteiger partial charge is 0.494 e. The van der Waals surface area contributed by atoms with E-state index in [9.17, 15) is 14.7 Å². The van der Waals surface area contributed by atoms with Gasteiger partial charge in [-0.25, -0.2) is 4.79 Å². The molecule has 25 heavy (non-hydrogen) atoms. The van der Waals surface area contributed by atoms with Crippen LogP contribution in [0.1, 0.15) is 29.8 Å². The molecule has 3 aromatic rings. The zero-order valence-corrected chi connectivity index (χ0v) is 14.2. The van der Waals surface area contributed by atoms with E-state index < -0.39 is 17.3 Å². The number of para-hydroxylation sites is 1. The van der Waals surface area contributed by atoms with Crippen LogP contribution in [0.4, 0.5) is 0 Å². The van der Waals surface area contributed by atoms with E-state index in [-0.39, 0.29) is 18.0 Å². The lowest BCUT2D eigenvalue weighted by molar-refractivity contribution is 0.379. The van der Waals surface area contributed by atoms with Gasteiger partial charge in [0, 0.05) is 36.7 Å². The molecule has 130 valence electrons. The molecule has 0 amide bonds. The van der Waals surface area contributed by atoms with Crippen molar-refractivity contribution < 1.29 is 5.11 Å². The Labute approximate surface area is 143 Å². The van der Waals surface area contributed by atoms with Gasteiger partial charge in [-0.1, -0.05) is 18.2 Å². The van der Waals surface area contributed by atoms with Crippen LogP contribution in [-0.2, 0) is 20.0 Å². The number of H-pyrrole nitrogens is 1. The summed E-state index contributed by atoms with van der Waals surface area (Å²) in [4.78, 5) is 28.3. The summed E-state index contributed by atoms with van der Waals surface area (Å²) in [6.45, 7) is 2.74. The molecule has 0 fully saturated rings. The summed E-state index contributed by atoms with van der Waals surface area (Å²) in [7, 11) is 1.44. The summed E-state index contributed by atoms with van der Waals surface area (Å²) in [5.41, 5.74) is 2.24. The van der Waals surface area contributed by atoms with Gasteiger partial charge in [0.1, 0.15) is 5.56 Å². The van der Waals surface area contributed by atoms with Crippen molar-refractivity contribution in [3.8, 4) is 5.88 Å². The topological polar surface area (TPSA) is 92.0 Å². The number of hydrogen-bond acceptors (Lipinski definition) is 4. The number of rotatable bonds is 2. The number of nitrogens with one attached hydrogen (secondary N) is 2. The molecule has 0 saturated heterocycles. The third-order valence-corrected chi connectivity index (χ3v) is 5.01. The second-order valence-electron chi connectivity index (χ2n) is 6.33. The van der Waals surface area contributed by atoms with Gasteiger partial charge in [0.05, 0.1) is 6.04 Å². The summed E-state index contributed by atoms with van der Waals surface area (Å²) in [5, 5.41) is 15.1. The van der Waals surface area contributed by atoms with Gasteiger partial charge in [-0.05, 0) is 25.0 Å². The molecule has 1 unspecified atom stereocenters. The molecule has 0 saturated carbocycles. The van der Waals surface area contributed by atoms with E-state index in [1.54, 1.807) is 6.92 Å². The van der Waals surface area contributed by atoms with Gasteiger partial charge >= 0.3 is 5.69 Å². The Bertz CT molecular complexity index is 1090. The number of benzene rings is 1. The number of aromatic nitrogens is 3. The minimum Gasteiger partial charge on any atom is -0.494 e. The molecule has 1 aliphatic heterocycles. The summed E-state index contributed by atoms with van der Waals surface area (Å²) >= 11 is 0. The highest BCUT2D eigenvalue weighted by Crippen LogP contribution is 2.34. The van der Waals surface area contributed by atoms with Crippen molar-refractivity contribution in [1.29, 1.82) is 0 Å². The number of hydrogen-bond donors (Lipinski definition) is 3. The zero-order valence-electron chi connectivity index (χ0n) is 14.2. The molecule has 3 N–H and O–H groups in total. The fraction of sp³-hybridized carbons (Fsp3) is 0.333. The second-order valence-corrected chi connectivity index (χ2v) is 6.33. The Morgan fingerprint density at radius 2 is 2.04 bits per heavy atom. The quantitative estimate of drug-likeness (QED) is 0.649. The van der Waals surface area contributed by atoms with Crippen molar-refractivity contribution in [2.24, 2.45) is 7.05 Å². The van der Waals surface area contributed by atoms with Crippen molar-refractivity contribution in [3.05, 3.63) is 61.9 Å². The number of nitrogens with zero attached hydrogens (tertiary/aromatic N) is 2. The normalized spacial score (nSPS) is 17.0. The van der Waals surface area contributed by atoms with Crippen LogP contribution in [0.25, 0.3) is 10.9 Å². The molecule has 0 radical (unpaired) electrons. The van der Waals surface area contributed by atoms with E-state index in [1.807, 2.05) is 18.2 Å². The first-order chi connectivity index (χ1) is 12.0. The molecule has 0 aliphatic carbocycles. The highest BCUT2D eigenvalue weighted by molar-refractivity contribution is 5.85. The average molecular weight is 340 g/mol. The Kier molecular flexibility index (Phi) is 3.54. The van der Waals surface area contributed by atoms with Gasteiger partial charge in [-0.3, -0.25) is 13.9 Å². The smallest absolute Gasteiger partial charge is 0.333 e. The molecule has 0 bridgehead atoms. The van der Waals surface area contributed by atoms with Crippen molar-refractivity contribution in [2.45, 2.75) is 25.9 Å². The number of aromatic amines is 1. The maximum atomic E-state index is 12.7. The van der Waals surface area contributed by atoms with E-state index in [0.29, 0.717) is 6.54 Å². The van der Waals surface area contributed by atoms with E-state index in [2.05, 4.69) is 16.4 Å². The first-order valence-corrected chi connectivity index (χ1v) is 8.40.